The lowest BCUT2D eigenvalue weighted by atomic mass is 10.1. The van der Waals surface area contributed by atoms with Crippen LogP contribution in [-0.4, -0.2) is 19.9 Å². The highest BCUT2D eigenvalue weighted by Crippen LogP contribution is 2.30. The number of hydrogen-bond donors (Lipinski definition) is 1. The second-order valence-corrected chi connectivity index (χ2v) is 4.00. The minimum Gasteiger partial charge on any atom is -0.336 e. The number of nitro groups is 1. The summed E-state index contributed by atoms with van der Waals surface area (Å²) >= 11 is 0. The Bertz CT molecular complexity index is 798. The van der Waals surface area contributed by atoms with E-state index in [1.807, 2.05) is 0 Å². The zero-order valence-electron chi connectivity index (χ0n) is 9.80. The second kappa shape index (κ2) is 4.34. The first-order valence-corrected chi connectivity index (χ1v) is 5.51. The number of H-pyrrole nitrogens is 1. The summed E-state index contributed by atoms with van der Waals surface area (Å²) in [6, 6.07) is 4.60. The fourth-order valence-electron chi connectivity index (χ4n) is 1.85. The number of aromatic nitrogens is 3. The van der Waals surface area contributed by atoms with E-state index in [0.717, 1.165) is 6.07 Å². The highest BCUT2D eigenvalue weighted by Gasteiger charge is 2.22. The van der Waals surface area contributed by atoms with E-state index >= 15 is 0 Å². The number of fused-ring (bicyclic) bond motifs is 1. The number of nitrogens with zero attached hydrogens (tertiary/aromatic N) is 3. The Balaban J connectivity index is 2.27. The number of imidazole rings is 1. The number of halogens is 2. The molecule has 0 aliphatic carbocycles. The van der Waals surface area contributed by atoms with E-state index in [0.29, 0.717) is 17.2 Å². The van der Waals surface area contributed by atoms with E-state index in [-0.39, 0.29) is 11.4 Å². The highest BCUT2D eigenvalue weighted by atomic mass is 19.2. The summed E-state index contributed by atoms with van der Waals surface area (Å²) in [5.74, 6) is -2.40. The molecule has 0 saturated carbocycles. The molecule has 3 rings (SSSR count). The molecular weight excluding hydrogens is 270 g/mol. The Morgan fingerprint density at radius 1 is 1.25 bits per heavy atom. The lowest BCUT2D eigenvalue weighted by Crippen LogP contribution is -1.96. The number of pyridine rings is 1. The Morgan fingerprint density at radius 2 is 2.00 bits per heavy atom. The lowest BCUT2D eigenvalue weighted by molar-refractivity contribution is -0.384. The fourth-order valence-corrected chi connectivity index (χ4v) is 1.85. The van der Waals surface area contributed by atoms with Crippen LogP contribution in [0.25, 0.3) is 22.6 Å². The van der Waals surface area contributed by atoms with Crippen molar-refractivity contribution in [1.29, 1.82) is 0 Å². The minimum absolute atomic E-state index is 0.0595. The van der Waals surface area contributed by atoms with Gasteiger partial charge in [0.2, 0.25) is 0 Å². The quantitative estimate of drug-likeness (QED) is 0.576. The van der Waals surface area contributed by atoms with E-state index < -0.39 is 22.2 Å². The van der Waals surface area contributed by atoms with Gasteiger partial charge in [0, 0.05) is 6.20 Å². The van der Waals surface area contributed by atoms with Gasteiger partial charge in [0.15, 0.2) is 17.3 Å². The van der Waals surface area contributed by atoms with Crippen LogP contribution >= 0.6 is 0 Å². The third kappa shape index (κ3) is 1.87. The summed E-state index contributed by atoms with van der Waals surface area (Å²) in [6.45, 7) is 0. The Kier molecular flexibility index (Phi) is 2.63. The zero-order chi connectivity index (χ0) is 14.3. The highest BCUT2D eigenvalue weighted by molar-refractivity contribution is 5.78. The molecule has 100 valence electrons. The topological polar surface area (TPSA) is 84.7 Å². The predicted octanol–water partition coefficient (Wildman–Crippen LogP) is 2.81. The van der Waals surface area contributed by atoms with Crippen molar-refractivity contribution in [3.63, 3.8) is 0 Å². The zero-order valence-corrected chi connectivity index (χ0v) is 9.80. The summed E-state index contributed by atoms with van der Waals surface area (Å²) in [4.78, 5) is 20.9. The molecule has 6 nitrogen and oxygen atoms in total. The predicted molar refractivity (Wildman–Crippen MR) is 65.9 cm³/mol. The van der Waals surface area contributed by atoms with Crippen molar-refractivity contribution in [1.82, 2.24) is 15.0 Å². The first-order chi connectivity index (χ1) is 9.56. The van der Waals surface area contributed by atoms with Crippen LogP contribution in [0.1, 0.15) is 0 Å². The summed E-state index contributed by atoms with van der Waals surface area (Å²) < 4.78 is 26.4. The number of aromatic amines is 1. The molecule has 1 N–H and O–H groups in total. The summed E-state index contributed by atoms with van der Waals surface area (Å²) in [5.41, 5.74) is 0.179. The molecule has 8 heteroatoms. The largest absolute Gasteiger partial charge is 0.336 e. The average molecular weight is 276 g/mol. The van der Waals surface area contributed by atoms with Gasteiger partial charge in [0.1, 0.15) is 5.82 Å². The molecule has 0 atom stereocenters. The van der Waals surface area contributed by atoms with E-state index in [1.54, 1.807) is 12.1 Å². The van der Waals surface area contributed by atoms with Crippen LogP contribution in [0, 0.1) is 21.7 Å². The maximum absolute atomic E-state index is 13.3. The van der Waals surface area contributed by atoms with Crippen molar-refractivity contribution < 1.29 is 13.7 Å². The smallest absolute Gasteiger partial charge is 0.283 e. The van der Waals surface area contributed by atoms with E-state index in [4.69, 9.17) is 0 Å². The second-order valence-electron chi connectivity index (χ2n) is 4.00. The maximum Gasteiger partial charge on any atom is 0.283 e. The van der Waals surface area contributed by atoms with Crippen molar-refractivity contribution in [2.24, 2.45) is 0 Å². The Morgan fingerprint density at radius 3 is 2.70 bits per heavy atom. The van der Waals surface area contributed by atoms with E-state index in [2.05, 4.69) is 15.0 Å². The van der Waals surface area contributed by atoms with Crippen molar-refractivity contribution >= 4 is 16.9 Å². The van der Waals surface area contributed by atoms with Gasteiger partial charge in [-0.1, -0.05) is 0 Å². The molecule has 0 saturated heterocycles. The van der Waals surface area contributed by atoms with Crippen LogP contribution in [0.4, 0.5) is 14.5 Å². The van der Waals surface area contributed by atoms with E-state index in [1.165, 1.54) is 6.20 Å². The first-order valence-electron chi connectivity index (χ1n) is 5.51. The fraction of sp³-hybridized carbons (Fsp3) is 0. The molecule has 2 heterocycles. The van der Waals surface area contributed by atoms with Gasteiger partial charge in [-0.25, -0.2) is 18.7 Å². The maximum atomic E-state index is 13.3. The van der Waals surface area contributed by atoms with Crippen molar-refractivity contribution in [2.75, 3.05) is 0 Å². The molecule has 20 heavy (non-hydrogen) atoms. The molecule has 3 aromatic rings. The molecule has 0 aliphatic rings. The molecule has 0 aliphatic heterocycles. The molecule has 0 unspecified atom stereocenters. The molecule has 0 fully saturated rings. The number of nitrogens with one attached hydrogen (secondary N) is 1. The summed E-state index contributed by atoms with van der Waals surface area (Å²) in [5, 5.41) is 10.9. The minimum atomic E-state index is -1.28. The molecule has 0 radical (unpaired) electrons. The van der Waals surface area contributed by atoms with Crippen LogP contribution in [-0.2, 0) is 0 Å². The summed E-state index contributed by atoms with van der Waals surface area (Å²) in [7, 11) is 0. The molecule has 0 bridgehead atoms. The van der Waals surface area contributed by atoms with Gasteiger partial charge in [-0.2, -0.15) is 0 Å². The summed E-state index contributed by atoms with van der Waals surface area (Å²) in [6.07, 6.45) is 1.51. The van der Waals surface area contributed by atoms with Crippen LogP contribution < -0.4 is 0 Å². The van der Waals surface area contributed by atoms with Gasteiger partial charge in [-0.15, -0.1) is 0 Å². The van der Waals surface area contributed by atoms with Crippen LogP contribution in [0.3, 0.4) is 0 Å². The number of rotatable bonds is 2. The van der Waals surface area contributed by atoms with Gasteiger partial charge in [-0.3, -0.25) is 10.1 Å². The first kappa shape index (κ1) is 12.2. The van der Waals surface area contributed by atoms with Crippen LogP contribution in [0.2, 0.25) is 0 Å². The van der Waals surface area contributed by atoms with Crippen molar-refractivity contribution in [3.05, 3.63) is 52.2 Å². The Hall–Kier alpha value is -2.90. The lowest BCUT2D eigenvalue weighted by Gasteiger charge is -2.00. The van der Waals surface area contributed by atoms with Gasteiger partial charge < -0.3 is 4.98 Å². The third-order valence-electron chi connectivity index (χ3n) is 2.75. The average Bonchev–Trinajstić information content (AvgIpc) is 2.84. The third-order valence-corrected chi connectivity index (χ3v) is 2.75. The van der Waals surface area contributed by atoms with Gasteiger partial charge in [-0.05, 0) is 18.2 Å². The van der Waals surface area contributed by atoms with Gasteiger partial charge >= 0.3 is 0 Å². The van der Waals surface area contributed by atoms with Crippen LogP contribution in [0.15, 0.2) is 30.5 Å². The Labute approximate surface area is 110 Å². The van der Waals surface area contributed by atoms with Crippen LogP contribution in [0.5, 0.6) is 0 Å². The van der Waals surface area contributed by atoms with Crippen molar-refractivity contribution in [3.8, 4) is 11.4 Å². The monoisotopic (exact) mass is 276 g/mol. The standard InChI is InChI=1S/C12H6F2N4O2/c13-7-4-6(10(18(19)20)5-8(7)14)11-16-9-2-1-3-15-12(9)17-11/h1-5H,(H,15,16,17). The van der Waals surface area contributed by atoms with Gasteiger partial charge in [0.25, 0.3) is 5.69 Å². The molecule has 2 aromatic heterocycles. The molecule has 0 spiro atoms. The number of benzene rings is 1. The normalized spacial score (nSPS) is 10.9. The van der Waals surface area contributed by atoms with E-state index in [9.17, 15) is 18.9 Å². The molecule has 0 amide bonds. The number of hydrogen-bond acceptors (Lipinski definition) is 4. The molecular formula is C12H6F2N4O2. The SMILES string of the molecule is O=[N+]([O-])c1cc(F)c(F)cc1-c1nc2ncccc2[nH]1. The molecule has 1 aromatic carbocycles. The van der Waals surface area contributed by atoms with Crippen molar-refractivity contribution in [2.45, 2.75) is 0 Å². The van der Waals surface area contributed by atoms with Gasteiger partial charge in [0.05, 0.1) is 22.1 Å². The number of nitro benzene ring substituents is 1.